The van der Waals surface area contributed by atoms with E-state index < -0.39 is 6.04 Å². The third-order valence-corrected chi connectivity index (χ3v) is 5.46. The van der Waals surface area contributed by atoms with Crippen LogP contribution in [0.15, 0.2) is 60.8 Å². The summed E-state index contributed by atoms with van der Waals surface area (Å²) in [6.45, 7) is 1.82. The Morgan fingerprint density at radius 3 is 2.63 bits per heavy atom. The lowest BCUT2D eigenvalue weighted by Gasteiger charge is -2.17. The normalized spacial score (nSPS) is 14.2. The highest BCUT2D eigenvalue weighted by Crippen LogP contribution is 2.29. The molecule has 1 saturated carbocycles. The van der Waals surface area contributed by atoms with E-state index in [-0.39, 0.29) is 12.5 Å². The zero-order valence-corrected chi connectivity index (χ0v) is 17.5. The average molecular weight is 422 g/mol. The minimum Gasteiger partial charge on any atom is -0.394 e. The number of hydrogen-bond donors (Lipinski definition) is 3. The Hall–Kier alpha value is -2.89. The van der Waals surface area contributed by atoms with E-state index >= 15 is 0 Å². The molecule has 1 fully saturated rings. The highest BCUT2D eigenvalue weighted by atomic mass is 35.5. The number of amides is 1. The van der Waals surface area contributed by atoms with Gasteiger partial charge in [-0.3, -0.25) is 4.79 Å². The Morgan fingerprint density at radius 1 is 1.20 bits per heavy atom. The number of carbonyl (C=O) groups excluding carboxylic acids is 1. The van der Waals surface area contributed by atoms with Crippen LogP contribution in [0.4, 0.5) is 5.82 Å². The average Bonchev–Trinajstić information content (AvgIpc) is 3.57. The molecule has 4 rings (SSSR count). The first-order valence-corrected chi connectivity index (χ1v) is 10.4. The van der Waals surface area contributed by atoms with Crippen LogP contribution in [0.25, 0.3) is 11.1 Å². The number of aliphatic hydroxyl groups excluding tert-OH is 1. The monoisotopic (exact) mass is 421 g/mol. The molecular weight excluding hydrogens is 398 g/mol. The van der Waals surface area contributed by atoms with Crippen molar-refractivity contribution < 1.29 is 9.90 Å². The van der Waals surface area contributed by atoms with E-state index in [9.17, 15) is 9.90 Å². The van der Waals surface area contributed by atoms with Gasteiger partial charge in [-0.25, -0.2) is 4.98 Å². The third-order valence-electron chi connectivity index (χ3n) is 5.23. The first kappa shape index (κ1) is 20.4. The molecule has 1 atom stereocenters. The van der Waals surface area contributed by atoms with Crippen molar-refractivity contribution in [1.82, 2.24) is 10.3 Å². The van der Waals surface area contributed by atoms with Gasteiger partial charge in [0.25, 0.3) is 5.91 Å². The lowest BCUT2D eigenvalue weighted by atomic mass is 10.0. The van der Waals surface area contributed by atoms with E-state index in [2.05, 4.69) is 21.7 Å². The fraction of sp³-hybridized carbons (Fsp3) is 0.250. The summed E-state index contributed by atoms with van der Waals surface area (Å²) in [4.78, 5) is 17.2. The topological polar surface area (TPSA) is 74.2 Å². The summed E-state index contributed by atoms with van der Waals surface area (Å²) >= 11 is 6.03. The lowest BCUT2D eigenvalue weighted by Crippen LogP contribution is -2.30. The van der Waals surface area contributed by atoms with E-state index in [0.717, 1.165) is 28.1 Å². The molecule has 30 heavy (non-hydrogen) atoms. The van der Waals surface area contributed by atoms with Crippen LogP contribution in [-0.2, 0) is 0 Å². The smallest absolute Gasteiger partial charge is 0.251 e. The number of aryl methyl sites for hydroxylation is 1. The fourth-order valence-electron chi connectivity index (χ4n) is 3.35. The van der Waals surface area contributed by atoms with Crippen molar-refractivity contribution in [1.29, 1.82) is 0 Å². The molecule has 1 aromatic heterocycles. The minimum absolute atomic E-state index is 0.211. The molecule has 0 bridgehead atoms. The number of aromatic nitrogens is 1. The molecule has 154 valence electrons. The molecule has 1 amide bonds. The fourth-order valence-corrected chi connectivity index (χ4v) is 3.55. The second-order valence-electron chi connectivity index (χ2n) is 7.64. The summed E-state index contributed by atoms with van der Waals surface area (Å²) in [6, 6.07) is 16.7. The van der Waals surface area contributed by atoms with Gasteiger partial charge in [-0.05, 0) is 72.4 Å². The molecule has 0 radical (unpaired) electrons. The maximum absolute atomic E-state index is 12.7. The summed E-state index contributed by atoms with van der Waals surface area (Å²) < 4.78 is 0. The van der Waals surface area contributed by atoms with Crippen LogP contribution in [0.1, 0.15) is 40.4 Å². The number of carbonyl (C=O) groups is 1. The molecule has 0 spiro atoms. The molecule has 0 aliphatic heterocycles. The van der Waals surface area contributed by atoms with Crippen molar-refractivity contribution in [2.45, 2.75) is 31.8 Å². The van der Waals surface area contributed by atoms with Crippen LogP contribution >= 0.6 is 11.6 Å². The molecule has 1 aliphatic rings. The number of pyridine rings is 1. The summed E-state index contributed by atoms with van der Waals surface area (Å²) in [6.07, 6.45) is 4.26. The number of aliphatic hydroxyl groups is 1. The Balaban J connectivity index is 1.49. The predicted octanol–water partition coefficient (Wildman–Crippen LogP) is 4.75. The van der Waals surface area contributed by atoms with Crippen molar-refractivity contribution in [2.75, 3.05) is 11.9 Å². The molecule has 2 aromatic carbocycles. The SMILES string of the molecule is Cc1cnc(NC2CC2)cc1-c1ccc(C(=O)NC(CO)c2cccc(Cl)c2)cc1. The minimum atomic E-state index is -0.519. The molecule has 1 unspecified atom stereocenters. The Kier molecular flexibility index (Phi) is 6.02. The lowest BCUT2D eigenvalue weighted by molar-refractivity contribution is 0.0916. The standard InChI is InChI=1S/C24H24ClN3O2/c1-15-13-26-23(27-20-9-10-20)12-21(15)16-5-7-17(8-6-16)24(30)28-22(14-29)18-3-2-4-19(25)11-18/h2-8,11-13,20,22,29H,9-10,14H2,1H3,(H,26,27)(H,28,30). The van der Waals surface area contributed by atoms with Crippen molar-refractivity contribution >= 4 is 23.3 Å². The van der Waals surface area contributed by atoms with E-state index in [4.69, 9.17) is 11.6 Å². The van der Waals surface area contributed by atoms with Crippen molar-refractivity contribution in [3.8, 4) is 11.1 Å². The highest BCUT2D eigenvalue weighted by molar-refractivity contribution is 6.30. The van der Waals surface area contributed by atoms with Gasteiger partial charge in [0.05, 0.1) is 12.6 Å². The third kappa shape index (κ3) is 4.81. The Morgan fingerprint density at radius 2 is 1.97 bits per heavy atom. The van der Waals surface area contributed by atoms with Crippen molar-refractivity contribution in [3.05, 3.63) is 82.5 Å². The van der Waals surface area contributed by atoms with Crippen LogP contribution in [0.2, 0.25) is 5.02 Å². The number of benzene rings is 2. The zero-order valence-electron chi connectivity index (χ0n) is 16.7. The van der Waals surface area contributed by atoms with Crippen molar-refractivity contribution in [2.24, 2.45) is 0 Å². The quantitative estimate of drug-likeness (QED) is 0.514. The van der Waals surface area contributed by atoms with Gasteiger partial charge >= 0.3 is 0 Å². The maximum Gasteiger partial charge on any atom is 0.251 e. The highest BCUT2D eigenvalue weighted by Gasteiger charge is 2.21. The first-order valence-electron chi connectivity index (χ1n) is 10.0. The van der Waals surface area contributed by atoms with E-state index in [1.165, 1.54) is 12.8 Å². The van der Waals surface area contributed by atoms with E-state index in [1.54, 1.807) is 30.3 Å². The Labute approximate surface area is 181 Å². The van der Waals surface area contributed by atoms with Gasteiger partial charge < -0.3 is 15.7 Å². The van der Waals surface area contributed by atoms with Gasteiger partial charge in [-0.15, -0.1) is 0 Å². The molecule has 1 aliphatic carbocycles. The molecule has 6 heteroatoms. The first-order chi connectivity index (χ1) is 14.5. The largest absolute Gasteiger partial charge is 0.394 e. The summed E-state index contributed by atoms with van der Waals surface area (Å²) in [5.74, 6) is 0.635. The van der Waals surface area contributed by atoms with E-state index in [0.29, 0.717) is 16.6 Å². The van der Waals surface area contributed by atoms with Gasteiger partial charge in [0.1, 0.15) is 5.82 Å². The van der Waals surface area contributed by atoms with E-state index in [1.807, 2.05) is 31.3 Å². The van der Waals surface area contributed by atoms with Crippen LogP contribution in [0.5, 0.6) is 0 Å². The molecule has 1 heterocycles. The van der Waals surface area contributed by atoms with Crippen LogP contribution in [-0.4, -0.2) is 28.6 Å². The van der Waals surface area contributed by atoms with Gasteiger partial charge in [0.15, 0.2) is 0 Å². The Bertz CT molecular complexity index is 1050. The molecule has 3 N–H and O–H groups in total. The van der Waals surface area contributed by atoms with Gasteiger partial charge in [0, 0.05) is 22.8 Å². The van der Waals surface area contributed by atoms with Gasteiger partial charge in [0.2, 0.25) is 0 Å². The second kappa shape index (κ2) is 8.86. The number of nitrogens with one attached hydrogen (secondary N) is 2. The van der Waals surface area contributed by atoms with Crippen LogP contribution in [0, 0.1) is 6.92 Å². The number of anilines is 1. The van der Waals surface area contributed by atoms with Crippen molar-refractivity contribution in [3.63, 3.8) is 0 Å². The van der Waals surface area contributed by atoms with Gasteiger partial charge in [-0.1, -0.05) is 35.9 Å². The second-order valence-corrected chi connectivity index (χ2v) is 8.08. The zero-order chi connectivity index (χ0) is 21.1. The summed E-state index contributed by atoms with van der Waals surface area (Å²) in [5, 5.41) is 16.6. The van der Waals surface area contributed by atoms with Crippen LogP contribution in [0.3, 0.4) is 0 Å². The number of nitrogens with zero attached hydrogens (tertiary/aromatic N) is 1. The molecule has 0 saturated heterocycles. The molecule has 5 nitrogen and oxygen atoms in total. The summed E-state index contributed by atoms with van der Waals surface area (Å²) in [5.41, 5.74) is 4.49. The van der Waals surface area contributed by atoms with Gasteiger partial charge in [-0.2, -0.15) is 0 Å². The number of rotatable bonds is 7. The maximum atomic E-state index is 12.7. The molecule has 3 aromatic rings. The predicted molar refractivity (Wildman–Crippen MR) is 120 cm³/mol. The number of halogens is 1. The van der Waals surface area contributed by atoms with Crippen LogP contribution < -0.4 is 10.6 Å². The number of hydrogen-bond acceptors (Lipinski definition) is 4. The summed E-state index contributed by atoms with van der Waals surface area (Å²) in [7, 11) is 0. The molecular formula is C24H24ClN3O2.